The lowest BCUT2D eigenvalue weighted by atomic mass is 10.3. The standard InChI is InChI=1S/C18H19FN4O2/c1-12(24)10-20-18-22-15-7-2-3-8-16(15)23(18)11-17(25)21-14-6-4-5-13(19)9-14/h2-9,12,24H,10-11H2,1H3,(H,20,22)(H,21,25)/t12-/m1/s1. The number of hydrogen-bond donors (Lipinski definition) is 3. The smallest absolute Gasteiger partial charge is 0.244 e. The number of fused-ring (bicyclic) bond motifs is 1. The zero-order valence-corrected chi connectivity index (χ0v) is 13.7. The van der Waals surface area contributed by atoms with Crippen LogP contribution in [0.1, 0.15) is 6.92 Å². The third-order valence-electron chi connectivity index (χ3n) is 3.62. The van der Waals surface area contributed by atoms with E-state index in [0.717, 1.165) is 11.0 Å². The van der Waals surface area contributed by atoms with Gasteiger partial charge in [-0.3, -0.25) is 4.79 Å². The number of amides is 1. The summed E-state index contributed by atoms with van der Waals surface area (Å²) in [4.78, 5) is 16.8. The molecule has 0 saturated carbocycles. The number of imidazole rings is 1. The van der Waals surface area contributed by atoms with E-state index in [-0.39, 0.29) is 12.5 Å². The van der Waals surface area contributed by atoms with Gasteiger partial charge in [0.15, 0.2) is 0 Å². The van der Waals surface area contributed by atoms with Crippen molar-refractivity contribution in [2.24, 2.45) is 0 Å². The van der Waals surface area contributed by atoms with Crippen LogP contribution in [0.2, 0.25) is 0 Å². The molecular weight excluding hydrogens is 323 g/mol. The van der Waals surface area contributed by atoms with E-state index in [1.54, 1.807) is 17.6 Å². The summed E-state index contributed by atoms with van der Waals surface area (Å²) < 4.78 is 15.0. The average Bonchev–Trinajstić information content (AvgIpc) is 2.91. The Labute approximate surface area is 144 Å². The highest BCUT2D eigenvalue weighted by molar-refractivity contribution is 5.92. The monoisotopic (exact) mass is 342 g/mol. The number of aliphatic hydroxyl groups is 1. The summed E-state index contributed by atoms with van der Waals surface area (Å²) >= 11 is 0. The van der Waals surface area contributed by atoms with Crippen molar-refractivity contribution in [3.05, 3.63) is 54.3 Å². The second kappa shape index (κ2) is 7.31. The molecule has 0 fully saturated rings. The Morgan fingerprint density at radius 2 is 2.08 bits per heavy atom. The lowest BCUT2D eigenvalue weighted by Gasteiger charge is -2.12. The molecule has 6 nitrogen and oxygen atoms in total. The largest absolute Gasteiger partial charge is 0.392 e. The average molecular weight is 342 g/mol. The number of rotatable bonds is 6. The van der Waals surface area contributed by atoms with Gasteiger partial charge >= 0.3 is 0 Å². The Morgan fingerprint density at radius 3 is 2.84 bits per heavy atom. The number of hydrogen-bond acceptors (Lipinski definition) is 4. The van der Waals surface area contributed by atoms with Crippen molar-refractivity contribution in [1.29, 1.82) is 0 Å². The van der Waals surface area contributed by atoms with E-state index in [1.165, 1.54) is 18.2 Å². The number of aromatic nitrogens is 2. The zero-order valence-electron chi connectivity index (χ0n) is 13.7. The molecule has 0 spiro atoms. The molecule has 0 unspecified atom stereocenters. The van der Waals surface area contributed by atoms with Crippen LogP contribution in [0.25, 0.3) is 11.0 Å². The van der Waals surface area contributed by atoms with Gasteiger partial charge in [-0.2, -0.15) is 0 Å². The lowest BCUT2D eigenvalue weighted by Crippen LogP contribution is -2.22. The summed E-state index contributed by atoms with van der Waals surface area (Å²) in [6, 6.07) is 13.2. The van der Waals surface area contributed by atoms with Crippen molar-refractivity contribution in [3.8, 4) is 0 Å². The van der Waals surface area contributed by atoms with Crippen molar-refractivity contribution in [2.45, 2.75) is 19.6 Å². The first kappa shape index (κ1) is 16.9. The Hall–Kier alpha value is -2.93. The van der Waals surface area contributed by atoms with Crippen LogP contribution in [0.15, 0.2) is 48.5 Å². The first-order valence-corrected chi connectivity index (χ1v) is 7.95. The highest BCUT2D eigenvalue weighted by Gasteiger charge is 2.14. The Kier molecular flexibility index (Phi) is 4.95. The van der Waals surface area contributed by atoms with Crippen LogP contribution >= 0.6 is 0 Å². The molecule has 3 rings (SSSR count). The summed E-state index contributed by atoms with van der Waals surface area (Å²) in [5.74, 6) is -0.212. The van der Waals surface area contributed by atoms with Gasteiger partial charge in [0.1, 0.15) is 12.4 Å². The van der Waals surface area contributed by atoms with Crippen molar-refractivity contribution < 1.29 is 14.3 Å². The first-order chi connectivity index (χ1) is 12.0. The van der Waals surface area contributed by atoms with Crippen LogP contribution in [0, 0.1) is 5.82 Å². The minimum absolute atomic E-state index is 0.0131. The maximum Gasteiger partial charge on any atom is 0.244 e. The highest BCUT2D eigenvalue weighted by atomic mass is 19.1. The second-order valence-electron chi connectivity index (χ2n) is 5.80. The Bertz CT molecular complexity index is 892. The number of nitrogens with one attached hydrogen (secondary N) is 2. The molecule has 2 aromatic carbocycles. The molecule has 0 radical (unpaired) electrons. The van der Waals surface area contributed by atoms with E-state index in [9.17, 15) is 14.3 Å². The molecular formula is C18H19FN4O2. The normalized spacial score (nSPS) is 12.1. The molecule has 0 aliphatic carbocycles. The van der Waals surface area contributed by atoms with E-state index >= 15 is 0 Å². The van der Waals surface area contributed by atoms with Gasteiger partial charge in [0.2, 0.25) is 11.9 Å². The summed E-state index contributed by atoms with van der Waals surface area (Å²) in [6.45, 7) is 1.99. The molecule has 7 heteroatoms. The fourth-order valence-electron chi connectivity index (χ4n) is 2.52. The predicted molar refractivity (Wildman–Crippen MR) is 94.9 cm³/mol. The quantitative estimate of drug-likeness (QED) is 0.643. The third kappa shape index (κ3) is 4.13. The molecule has 25 heavy (non-hydrogen) atoms. The van der Waals surface area contributed by atoms with Crippen LogP contribution in [0.4, 0.5) is 16.0 Å². The van der Waals surface area contributed by atoms with E-state index < -0.39 is 11.9 Å². The van der Waals surface area contributed by atoms with Gasteiger partial charge < -0.3 is 20.3 Å². The van der Waals surface area contributed by atoms with E-state index in [4.69, 9.17) is 0 Å². The van der Waals surface area contributed by atoms with Gasteiger partial charge in [-0.25, -0.2) is 9.37 Å². The molecule has 0 aliphatic rings. The van der Waals surface area contributed by atoms with Gasteiger partial charge in [-0.15, -0.1) is 0 Å². The van der Waals surface area contributed by atoms with Crippen LogP contribution in [0.3, 0.4) is 0 Å². The molecule has 0 saturated heterocycles. The topological polar surface area (TPSA) is 79.2 Å². The van der Waals surface area contributed by atoms with Gasteiger partial charge in [0.05, 0.1) is 17.1 Å². The van der Waals surface area contributed by atoms with Crippen molar-refractivity contribution >= 4 is 28.6 Å². The SMILES string of the molecule is C[C@@H](O)CNc1nc2ccccc2n1CC(=O)Nc1cccc(F)c1. The van der Waals surface area contributed by atoms with Gasteiger partial charge in [0.25, 0.3) is 0 Å². The number of anilines is 2. The van der Waals surface area contributed by atoms with Gasteiger partial charge in [-0.1, -0.05) is 18.2 Å². The maximum atomic E-state index is 13.2. The van der Waals surface area contributed by atoms with Gasteiger partial charge in [-0.05, 0) is 37.3 Å². The molecule has 3 aromatic rings. The van der Waals surface area contributed by atoms with Gasteiger partial charge in [0, 0.05) is 12.2 Å². The Balaban J connectivity index is 1.83. The third-order valence-corrected chi connectivity index (χ3v) is 3.62. The van der Waals surface area contributed by atoms with E-state index in [0.29, 0.717) is 18.2 Å². The molecule has 1 aromatic heterocycles. The van der Waals surface area contributed by atoms with Crippen LogP contribution in [-0.4, -0.2) is 33.2 Å². The highest BCUT2D eigenvalue weighted by Crippen LogP contribution is 2.20. The fourth-order valence-corrected chi connectivity index (χ4v) is 2.52. The number of carbonyl (C=O) groups is 1. The summed E-state index contributed by atoms with van der Waals surface area (Å²) in [5.41, 5.74) is 1.94. The number of benzene rings is 2. The zero-order chi connectivity index (χ0) is 17.8. The number of halogens is 1. The van der Waals surface area contributed by atoms with Crippen LogP contribution in [0.5, 0.6) is 0 Å². The number of para-hydroxylation sites is 2. The summed E-state index contributed by atoms with van der Waals surface area (Å²) in [5, 5.41) is 15.2. The Morgan fingerprint density at radius 1 is 1.28 bits per heavy atom. The number of aliphatic hydroxyl groups excluding tert-OH is 1. The molecule has 0 aliphatic heterocycles. The molecule has 3 N–H and O–H groups in total. The summed E-state index contributed by atoms with van der Waals surface area (Å²) in [6.07, 6.45) is -0.547. The lowest BCUT2D eigenvalue weighted by molar-refractivity contribution is -0.116. The number of carbonyl (C=O) groups excluding carboxylic acids is 1. The minimum Gasteiger partial charge on any atom is -0.392 e. The molecule has 1 amide bonds. The minimum atomic E-state index is -0.547. The molecule has 1 atom stereocenters. The van der Waals surface area contributed by atoms with Crippen molar-refractivity contribution in [3.63, 3.8) is 0 Å². The summed E-state index contributed by atoms with van der Waals surface area (Å²) in [7, 11) is 0. The first-order valence-electron chi connectivity index (χ1n) is 7.95. The fraction of sp³-hybridized carbons (Fsp3) is 0.222. The molecule has 130 valence electrons. The van der Waals surface area contributed by atoms with Crippen molar-refractivity contribution in [1.82, 2.24) is 9.55 Å². The molecule has 1 heterocycles. The van der Waals surface area contributed by atoms with Crippen LogP contribution in [-0.2, 0) is 11.3 Å². The number of nitrogens with zero attached hydrogens (tertiary/aromatic N) is 2. The second-order valence-corrected chi connectivity index (χ2v) is 5.80. The van der Waals surface area contributed by atoms with E-state index in [1.807, 2.05) is 24.3 Å². The van der Waals surface area contributed by atoms with Crippen LogP contribution < -0.4 is 10.6 Å². The molecule has 0 bridgehead atoms. The van der Waals surface area contributed by atoms with E-state index in [2.05, 4.69) is 15.6 Å². The predicted octanol–water partition coefficient (Wildman–Crippen LogP) is 2.61. The van der Waals surface area contributed by atoms with Crippen molar-refractivity contribution in [2.75, 3.05) is 17.2 Å². The maximum absolute atomic E-state index is 13.2.